The average molecular weight is 234 g/mol. The Morgan fingerprint density at radius 3 is 2.44 bits per heavy atom. The lowest BCUT2D eigenvalue weighted by Crippen LogP contribution is -2.63. The molecular weight excluding hydrogens is 216 g/mol. The molecule has 2 rings (SSSR count). The number of aliphatic hydroxyl groups is 1. The normalized spacial score (nSPS) is 48.8. The van der Waals surface area contributed by atoms with Crippen molar-refractivity contribution in [1.82, 2.24) is 0 Å². The van der Waals surface area contributed by atoms with Crippen molar-refractivity contribution in [3.63, 3.8) is 0 Å². The lowest BCUT2D eigenvalue weighted by molar-refractivity contribution is -0.354. The SMILES string of the molecule is COC1C(O)OC2COC(C)OC2C1OC. The summed E-state index contributed by atoms with van der Waals surface area (Å²) in [5, 5.41) is 9.74. The Morgan fingerprint density at radius 1 is 1.12 bits per heavy atom. The Hall–Kier alpha value is -0.240. The number of hydrogen-bond donors (Lipinski definition) is 1. The number of aliphatic hydroxyl groups excluding tert-OH is 1. The van der Waals surface area contributed by atoms with E-state index in [0.717, 1.165) is 0 Å². The van der Waals surface area contributed by atoms with Gasteiger partial charge in [-0.05, 0) is 6.92 Å². The lowest BCUT2D eigenvalue weighted by atomic mass is 9.98. The summed E-state index contributed by atoms with van der Waals surface area (Å²) < 4.78 is 26.8. The number of hydrogen-bond acceptors (Lipinski definition) is 6. The quantitative estimate of drug-likeness (QED) is 0.694. The van der Waals surface area contributed by atoms with Crippen LogP contribution in [0.4, 0.5) is 0 Å². The van der Waals surface area contributed by atoms with E-state index in [1.165, 1.54) is 7.11 Å². The van der Waals surface area contributed by atoms with Crippen LogP contribution in [0.15, 0.2) is 0 Å². The molecule has 0 radical (unpaired) electrons. The van der Waals surface area contributed by atoms with E-state index in [9.17, 15) is 5.11 Å². The van der Waals surface area contributed by atoms with E-state index >= 15 is 0 Å². The van der Waals surface area contributed by atoms with Gasteiger partial charge in [0.1, 0.15) is 24.4 Å². The first kappa shape index (κ1) is 12.2. The Balaban J connectivity index is 2.13. The van der Waals surface area contributed by atoms with Gasteiger partial charge in [0, 0.05) is 14.2 Å². The average Bonchev–Trinajstić information content (AvgIpc) is 2.28. The first-order chi connectivity index (χ1) is 7.67. The van der Waals surface area contributed by atoms with Crippen molar-refractivity contribution in [3.05, 3.63) is 0 Å². The maximum atomic E-state index is 9.74. The summed E-state index contributed by atoms with van der Waals surface area (Å²) in [5.74, 6) is 0. The van der Waals surface area contributed by atoms with E-state index in [2.05, 4.69) is 0 Å². The fraction of sp³-hybridized carbons (Fsp3) is 1.00. The smallest absolute Gasteiger partial charge is 0.184 e. The molecule has 0 saturated carbocycles. The van der Waals surface area contributed by atoms with Crippen molar-refractivity contribution in [2.24, 2.45) is 0 Å². The van der Waals surface area contributed by atoms with Crippen LogP contribution < -0.4 is 0 Å². The molecule has 94 valence electrons. The molecule has 2 fully saturated rings. The predicted octanol–water partition coefficient (Wildman–Crippen LogP) is -0.505. The van der Waals surface area contributed by atoms with E-state index in [1.807, 2.05) is 6.92 Å². The molecule has 0 aliphatic carbocycles. The van der Waals surface area contributed by atoms with Crippen molar-refractivity contribution in [3.8, 4) is 0 Å². The van der Waals surface area contributed by atoms with Gasteiger partial charge in [-0.3, -0.25) is 0 Å². The minimum atomic E-state index is -1.02. The Morgan fingerprint density at radius 2 is 1.81 bits per heavy atom. The summed E-state index contributed by atoms with van der Waals surface area (Å²) in [7, 11) is 3.07. The molecule has 2 aliphatic rings. The second kappa shape index (κ2) is 4.95. The van der Waals surface area contributed by atoms with E-state index < -0.39 is 12.4 Å². The van der Waals surface area contributed by atoms with Crippen LogP contribution in [0.1, 0.15) is 6.92 Å². The van der Waals surface area contributed by atoms with Crippen LogP contribution in [0.2, 0.25) is 0 Å². The number of fused-ring (bicyclic) bond motifs is 1. The van der Waals surface area contributed by atoms with Gasteiger partial charge in [-0.25, -0.2) is 0 Å². The molecule has 16 heavy (non-hydrogen) atoms. The van der Waals surface area contributed by atoms with Crippen LogP contribution in [0.25, 0.3) is 0 Å². The number of rotatable bonds is 2. The van der Waals surface area contributed by atoms with Crippen LogP contribution in [-0.4, -0.2) is 62.9 Å². The van der Waals surface area contributed by atoms with Crippen molar-refractivity contribution in [1.29, 1.82) is 0 Å². The molecule has 6 unspecified atom stereocenters. The summed E-state index contributed by atoms with van der Waals surface area (Å²) in [6.07, 6.45) is -2.81. The molecule has 0 amide bonds. The molecule has 6 atom stereocenters. The van der Waals surface area contributed by atoms with Crippen molar-refractivity contribution >= 4 is 0 Å². The van der Waals surface area contributed by atoms with Crippen LogP contribution in [0, 0.1) is 0 Å². The highest BCUT2D eigenvalue weighted by Crippen LogP contribution is 2.30. The van der Waals surface area contributed by atoms with Gasteiger partial charge in [-0.1, -0.05) is 0 Å². The molecule has 2 heterocycles. The summed E-state index contributed by atoms with van der Waals surface area (Å²) in [6.45, 7) is 2.20. The van der Waals surface area contributed by atoms with Crippen molar-refractivity contribution < 1.29 is 28.8 Å². The van der Waals surface area contributed by atoms with Gasteiger partial charge in [0.25, 0.3) is 0 Å². The molecule has 6 heteroatoms. The van der Waals surface area contributed by atoms with Gasteiger partial charge in [0.05, 0.1) is 6.61 Å². The zero-order valence-electron chi connectivity index (χ0n) is 9.66. The minimum Gasteiger partial charge on any atom is -0.376 e. The predicted molar refractivity (Wildman–Crippen MR) is 52.8 cm³/mol. The summed E-state index contributed by atoms with van der Waals surface area (Å²) >= 11 is 0. The Kier molecular flexibility index (Phi) is 3.78. The fourth-order valence-electron chi connectivity index (χ4n) is 2.20. The minimum absolute atomic E-state index is 0.276. The monoisotopic (exact) mass is 234 g/mol. The largest absolute Gasteiger partial charge is 0.376 e. The highest BCUT2D eigenvalue weighted by atomic mass is 16.7. The molecule has 2 aliphatic heterocycles. The van der Waals surface area contributed by atoms with E-state index in [-0.39, 0.29) is 24.6 Å². The maximum absolute atomic E-state index is 9.74. The molecule has 1 N–H and O–H groups in total. The summed E-state index contributed by atoms with van der Waals surface area (Å²) in [5.41, 5.74) is 0. The Bertz CT molecular complexity index is 235. The van der Waals surface area contributed by atoms with Gasteiger partial charge < -0.3 is 28.8 Å². The second-order valence-electron chi connectivity index (χ2n) is 3.97. The van der Waals surface area contributed by atoms with Crippen LogP contribution in [0.3, 0.4) is 0 Å². The lowest BCUT2D eigenvalue weighted by Gasteiger charge is -2.46. The molecule has 0 aromatic carbocycles. The van der Waals surface area contributed by atoms with Gasteiger partial charge in [-0.15, -0.1) is 0 Å². The standard InChI is InChI=1S/C10H18O6/c1-5-14-4-6-7(15-5)8(12-2)9(13-3)10(11)16-6/h5-11H,4H2,1-3H3. The number of methoxy groups -OCH3 is 2. The fourth-order valence-corrected chi connectivity index (χ4v) is 2.20. The van der Waals surface area contributed by atoms with Crippen LogP contribution in [-0.2, 0) is 23.7 Å². The van der Waals surface area contributed by atoms with E-state index in [4.69, 9.17) is 23.7 Å². The van der Waals surface area contributed by atoms with Crippen molar-refractivity contribution in [2.45, 2.75) is 43.9 Å². The highest BCUT2D eigenvalue weighted by molar-refractivity contribution is 4.93. The van der Waals surface area contributed by atoms with Crippen molar-refractivity contribution in [2.75, 3.05) is 20.8 Å². The third-order valence-electron chi connectivity index (χ3n) is 3.00. The first-order valence-electron chi connectivity index (χ1n) is 5.33. The van der Waals surface area contributed by atoms with Gasteiger partial charge in [0.15, 0.2) is 12.6 Å². The third kappa shape index (κ3) is 2.09. The molecule has 0 bridgehead atoms. The van der Waals surface area contributed by atoms with Crippen LogP contribution in [0.5, 0.6) is 0 Å². The first-order valence-corrected chi connectivity index (χ1v) is 5.33. The third-order valence-corrected chi connectivity index (χ3v) is 3.00. The molecular formula is C10H18O6. The Labute approximate surface area is 94.4 Å². The molecule has 0 aromatic rings. The summed E-state index contributed by atoms with van der Waals surface area (Å²) in [6, 6.07) is 0. The van der Waals surface area contributed by atoms with Gasteiger partial charge in [-0.2, -0.15) is 0 Å². The van der Waals surface area contributed by atoms with Gasteiger partial charge >= 0.3 is 0 Å². The molecule has 6 nitrogen and oxygen atoms in total. The second-order valence-corrected chi connectivity index (χ2v) is 3.97. The zero-order valence-corrected chi connectivity index (χ0v) is 9.66. The number of ether oxygens (including phenoxy) is 5. The zero-order chi connectivity index (χ0) is 11.7. The molecule has 0 aromatic heterocycles. The summed E-state index contributed by atoms with van der Waals surface area (Å²) in [4.78, 5) is 0. The van der Waals surface area contributed by atoms with Crippen LogP contribution >= 0.6 is 0 Å². The van der Waals surface area contributed by atoms with E-state index in [1.54, 1.807) is 7.11 Å². The van der Waals surface area contributed by atoms with E-state index in [0.29, 0.717) is 6.61 Å². The molecule has 0 spiro atoms. The van der Waals surface area contributed by atoms with Gasteiger partial charge in [0.2, 0.25) is 0 Å². The topological polar surface area (TPSA) is 66.4 Å². The maximum Gasteiger partial charge on any atom is 0.184 e. The highest BCUT2D eigenvalue weighted by Gasteiger charge is 2.49. The molecule has 2 saturated heterocycles.